The number of hydrogen-bond acceptors (Lipinski definition) is 4. The molecule has 2 atom stereocenters. The second-order valence-corrected chi connectivity index (χ2v) is 8.15. The molecule has 4 aromatic rings. The number of halogens is 1. The molecule has 1 fully saturated rings. The van der Waals surface area contributed by atoms with Crippen molar-refractivity contribution in [1.82, 2.24) is 14.9 Å². The van der Waals surface area contributed by atoms with Crippen LogP contribution in [0.15, 0.2) is 91.3 Å². The molecular formula is C26H21FN4O2S. The summed E-state index contributed by atoms with van der Waals surface area (Å²) in [5.74, 6) is -0.825. The van der Waals surface area contributed by atoms with Crippen LogP contribution in [0.5, 0.6) is 0 Å². The number of carbonyl (C=O) groups excluding carboxylic acids is 1. The summed E-state index contributed by atoms with van der Waals surface area (Å²) in [5, 5.41) is 3.72. The van der Waals surface area contributed by atoms with Crippen molar-refractivity contribution in [1.29, 1.82) is 0 Å². The lowest BCUT2D eigenvalue weighted by Gasteiger charge is -2.29. The van der Waals surface area contributed by atoms with Gasteiger partial charge in [0.05, 0.1) is 35.8 Å². The van der Waals surface area contributed by atoms with Gasteiger partial charge >= 0.3 is 5.97 Å². The maximum absolute atomic E-state index is 15.0. The van der Waals surface area contributed by atoms with E-state index in [1.807, 2.05) is 53.2 Å². The van der Waals surface area contributed by atoms with E-state index in [1.54, 1.807) is 41.4 Å². The molecule has 0 bridgehead atoms. The molecule has 0 aliphatic carbocycles. The predicted octanol–water partition coefficient (Wildman–Crippen LogP) is 4.98. The molecule has 5 rings (SSSR count). The highest BCUT2D eigenvalue weighted by molar-refractivity contribution is 7.80. The number of methoxy groups -OCH3 is 1. The number of hydrogen-bond donors (Lipinski definition) is 1. The van der Waals surface area contributed by atoms with E-state index in [4.69, 9.17) is 17.0 Å². The summed E-state index contributed by atoms with van der Waals surface area (Å²) >= 11 is 5.69. The van der Waals surface area contributed by atoms with Crippen LogP contribution >= 0.6 is 12.2 Å². The first-order valence-electron chi connectivity index (χ1n) is 10.7. The van der Waals surface area contributed by atoms with Crippen LogP contribution in [0.3, 0.4) is 0 Å². The van der Waals surface area contributed by atoms with Crippen LogP contribution in [0, 0.1) is 5.82 Å². The molecule has 1 N–H and O–H groups in total. The first-order valence-corrected chi connectivity index (χ1v) is 11.1. The van der Waals surface area contributed by atoms with Crippen molar-refractivity contribution >= 4 is 29.0 Å². The van der Waals surface area contributed by atoms with Crippen LogP contribution < -0.4 is 10.2 Å². The number of ether oxygens (including phenoxy) is 1. The summed E-state index contributed by atoms with van der Waals surface area (Å²) in [6.45, 7) is 0. The van der Waals surface area contributed by atoms with Crippen LogP contribution in [0.25, 0.3) is 5.69 Å². The smallest absolute Gasteiger partial charge is 0.339 e. The fourth-order valence-electron chi connectivity index (χ4n) is 4.38. The second kappa shape index (κ2) is 9.07. The minimum Gasteiger partial charge on any atom is -0.465 e. The van der Waals surface area contributed by atoms with Gasteiger partial charge in [0.2, 0.25) is 0 Å². The number of carbonyl (C=O) groups is 1. The van der Waals surface area contributed by atoms with E-state index >= 15 is 0 Å². The Hall–Kier alpha value is -4.04. The van der Waals surface area contributed by atoms with E-state index in [1.165, 1.54) is 13.2 Å². The number of nitrogens with one attached hydrogen (secondary N) is 1. The first kappa shape index (κ1) is 21.8. The standard InChI is InChI=1S/C26H21FN4O2S/c1-33-25(32)17-9-2-4-12-20(17)30-16-8-14-22(30)24-23(19-11-6-7-15-28-19)29-26(34)31(24)21-13-5-3-10-18(21)27/h2-16,23-24H,1H3,(H,29,34)/t23-,24-/m0/s1. The van der Waals surface area contributed by atoms with Gasteiger partial charge < -0.3 is 19.5 Å². The molecule has 1 aliphatic heterocycles. The van der Waals surface area contributed by atoms with Crippen molar-refractivity contribution in [3.63, 3.8) is 0 Å². The van der Waals surface area contributed by atoms with Gasteiger partial charge in [-0.15, -0.1) is 0 Å². The Morgan fingerprint density at radius 1 is 1.00 bits per heavy atom. The predicted molar refractivity (Wildman–Crippen MR) is 131 cm³/mol. The lowest BCUT2D eigenvalue weighted by molar-refractivity contribution is 0.0600. The summed E-state index contributed by atoms with van der Waals surface area (Å²) in [4.78, 5) is 18.8. The number of aromatic nitrogens is 2. The van der Waals surface area contributed by atoms with E-state index < -0.39 is 12.0 Å². The third-order valence-corrected chi connectivity index (χ3v) is 6.18. The molecule has 8 heteroatoms. The molecule has 0 spiro atoms. The zero-order valence-electron chi connectivity index (χ0n) is 18.3. The number of rotatable bonds is 5. The number of esters is 1. The van der Waals surface area contributed by atoms with Gasteiger partial charge in [0.25, 0.3) is 0 Å². The number of pyridine rings is 1. The zero-order chi connectivity index (χ0) is 23.7. The van der Waals surface area contributed by atoms with Crippen LogP contribution in [0.1, 0.15) is 33.8 Å². The van der Waals surface area contributed by atoms with Gasteiger partial charge in [0, 0.05) is 18.1 Å². The summed E-state index contributed by atoms with van der Waals surface area (Å²) in [5.41, 5.74) is 3.01. The number of anilines is 1. The van der Waals surface area contributed by atoms with Crippen LogP contribution in [0.4, 0.5) is 10.1 Å². The Balaban J connectivity index is 1.71. The van der Waals surface area contributed by atoms with E-state index in [2.05, 4.69) is 10.3 Å². The van der Waals surface area contributed by atoms with Gasteiger partial charge in [0.1, 0.15) is 11.9 Å². The molecule has 0 unspecified atom stereocenters. The van der Waals surface area contributed by atoms with Crippen molar-refractivity contribution in [3.8, 4) is 5.69 Å². The maximum atomic E-state index is 15.0. The van der Waals surface area contributed by atoms with Crippen molar-refractivity contribution in [3.05, 3.63) is 114 Å². The highest BCUT2D eigenvalue weighted by Crippen LogP contribution is 2.43. The molecule has 34 heavy (non-hydrogen) atoms. The molecule has 1 aliphatic rings. The summed E-state index contributed by atoms with van der Waals surface area (Å²) in [6.07, 6.45) is 3.59. The first-order chi connectivity index (χ1) is 16.6. The van der Waals surface area contributed by atoms with Gasteiger partial charge in [-0.2, -0.15) is 0 Å². The fourth-order valence-corrected chi connectivity index (χ4v) is 4.72. The second-order valence-electron chi connectivity index (χ2n) is 7.76. The molecule has 0 amide bonds. The average molecular weight is 473 g/mol. The zero-order valence-corrected chi connectivity index (χ0v) is 19.1. The van der Waals surface area contributed by atoms with Gasteiger partial charge in [-0.1, -0.05) is 30.3 Å². The van der Waals surface area contributed by atoms with Crippen molar-refractivity contribution < 1.29 is 13.9 Å². The van der Waals surface area contributed by atoms with Crippen LogP contribution in [-0.4, -0.2) is 27.7 Å². The monoisotopic (exact) mass is 472 g/mol. The number of para-hydroxylation sites is 2. The largest absolute Gasteiger partial charge is 0.465 e. The van der Waals surface area contributed by atoms with E-state index in [0.29, 0.717) is 22.1 Å². The topological polar surface area (TPSA) is 59.4 Å². The quantitative estimate of drug-likeness (QED) is 0.327. The van der Waals surface area contributed by atoms with E-state index in [0.717, 1.165) is 11.4 Å². The summed E-state index contributed by atoms with van der Waals surface area (Å²) < 4.78 is 21.9. The third-order valence-electron chi connectivity index (χ3n) is 5.86. The van der Waals surface area contributed by atoms with Crippen molar-refractivity contribution in [2.45, 2.75) is 12.1 Å². The van der Waals surface area contributed by atoms with Gasteiger partial charge in [-0.3, -0.25) is 4.98 Å². The molecule has 2 aromatic carbocycles. The molecule has 170 valence electrons. The molecule has 1 saturated heterocycles. The molecule has 2 aromatic heterocycles. The van der Waals surface area contributed by atoms with Gasteiger partial charge in [0.15, 0.2) is 5.11 Å². The molecule has 3 heterocycles. The summed E-state index contributed by atoms with van der Waals surface area (Å²) in [6, 6.07) is 22.4. The Labute approximate surface area is 201 Å². The summed E-state index contributed by atoms with van der Waals surface area (Å²) in [7, 11) is 1.35. The Bertz CT molecular complexity index is 1360. The molecule has 0 radical (unpaired) electrons. The van der Waals surface area contributed by atoms with Gasteiger partial charge in [-0.05, 0) is 60.7 Å². The Morgan fingerprint density at radius 3 is 2.47 bits per heavy atom. The SMILES string of the molecule is COC(=O)c1ccccc1-n1cccc1[C@H]1[C@H](c2ccccn2)NC(=S)N1c1ccccc1F. The van der Waals surface area contributed by atoms with E-state index in [-0.39, 0.29) is 11.9 Å². The van der Waals surface area contributed by atoms with Crippen molar-refractivity contribution in [2.24, 2.45) is 0 Å². The van der Waals surface area contributed by atoms with Gasteiger partial charge in [-0.25, -0.2) is 9.18 Å². The Kier molecular flexibility index (Phi) is 5.81. The highest BCUT2D eigenvalue weighted by atomic mass is 32.1. The molecule has 0 saturated carbocycles. The minimum absolute atomic E-state index is 0.354. The molecule has 6 nitrogen and oxygen atoms in total. The van der Waals surface area contributed by atoms with Crippen LogP contribution in [0.2, 0.25) is 0 Å². The van der Waals surface area contributed by atoms with Crippen molar-refractivity contribution in [2.75, 3.05) is 12.0 Å². The third kappa shape index (κ3) is 3.72. The number of benzene rings is 2. The van der Waals surface area contributed by atoms with E-state index in [9.17, 15) is 9.18 Å². The van der Waals surface area contributed by atoms with Crippen LogP contribution in [-0.2, 0) is 4.74 Å². The Morgan fingerprint density at radius 2 is 1.74 bits per heavy atom. The lowest BCUT2D eigenvalue weighted by Crippen LogP contribution is -2.31. The maximum Gasteiger partial charge on any atom is 0.339 e. The number of thiocarbonyl (C=S) groups is 1. The minimum atomic E-state index is -0.444. The average Bonchev–Trinajstić information content (AvgIpc) is 3.48. The highest BCUT2D eigenvalue weighted by Gasteiger charge is 2.43. The fraction of sp³-hybridized carbons (Fsp3) is 0.115. The lowest BCUT2D eigenvalue weighted by atomic mass is 10.0. The number of nitrogens with zero attached hydrogens (tertiary/aromatic N) is 3. The normalized spacial score (nSPS) is 17.5. The molecular weight excluding hydrogens is 451 g/mol.